The lowest BCUT2D eigenvalue weighted by Gasteiger charge is -2.25. The van der Waals surface area contributed by atoms with Gasteiger partial charge < -0.3 is 15.4 Å². The van der Waals surface area contributed by atoms with Crippen LogP contribution in [-0.2, 0) is 16.0 Å². The highest BCUT2D eigenvalue weighted by atomic mass is 16.5. The second-order valence-electron chi connectivity index (χ2n) is 5.45. The van der Waals surface area contributed by atoms with Crippen molar-refractivity contribution in [2.75, 3.05) is 26.2 Å². The standard InChI is InChI=1S/C16H25N3O2/c1-2-21-16(20)15(10-14-7-3-4-9-18-14)19-12-13-6-5-8-17-11-13/h3-4,7,9,13,15,17,19H,2,5-6,8,10-12H2,1H3. The van der Waals surface area contributed by atoms with Gasteiger partial charge in [-0.15, -0.1) is 0 Å². The summed E-state index contributed by atoms with van der Waals surface area (Å²) >= 11 is 0. The van der Waals surface area contributed by atoms with Crippen LogP contribution in [0.4, 0.5) is 0 Å². The molecule has 0 amide bonds. The van der Waals surface area contributed by atoms with Gasteiger partial charge >= 0.3 is 5.97 Å². The Morgan fingerprint density at radius 1 is 1.57 bits per heavy atom. The number of piperidine rings is 1. The topological polar surface area (TPSA) is 63.2 Å². The van der Waals surface area contributed by atoms with E-state index in [1.165, 1.54) is 12.8 Å². The van der Waals surface area contributed by atoms with Crippen LogP contribution in [0.1, 0.15) is 25.5 Å². The number of rotatable bonds is 7. The Bertz CT molecular complexity index is 419. The number of carbonyl (C=O) groups excluding carboxylic acids is 1. The molecule has 0 spiro atoms. The van der Waals surface area contributed by atoms with Crippen molar-refractivity contribution in [1.29, 1.82) is 0 Å². The maximum absolute atomic E-state index is 12.1. The predicted molar refractivity (Wildman–Crippen MR) is 82.0 cm³/mol. The fraction of sp³-hybridized carbons (Fsp3) is 0.625. The molecule has 0 bridgehead atoms. The number of nitrogens with one attached hydrogen (secondary N) is 2. The highest BCUT2D eigenvalue weighted by molar-refractivity contribution is 5.76. The number of hydrogen-bond donors (Lipinski definition) is 2. The largest absolute Gasteiger partial charge is 0.465 e. The molecule has 0 aliphatic carbocycles. The predicted octanol–water partition coefficient (Wildman–Crippen LogP) is 1.15. The van der Waals surface area contributed by atoms with Gasteiger partial charge in [0.15, 0.2) is 0 Å². The van der Waals surface area contributed by atoms with Gasteiger partial charge in [0.25, 0.3) is 0 Å². The van der Waals surface area contributed by atoms with Crippen LogP contribution in [0.3, 0.4) is 0 Å². The second kappa shape index (κ2) is 8.74. The molecule has 0 saturated carbocycles. The number of esters is 1. The third-order valence-electron chi connectivity index (χ3n) is 3.76. The van der Waals surface area contributed by atoms with Crippen molar-refractivity contribution in [2.24, 2.45) is 5.92 Å². The van der Waals surface area contributed by atoms with Crippen LogP contribution in [0.2, 0.25) is 0 Å². The van der Waals surface area contributed by atoms with Crippen LogP contribution in [0.5, 0.6) is 0 Å². The first-order chi connectivity index (χ1) is 10.3. The summed E-state index contributed by atoms with van der Waals surface area (Å²) in [7, 11) is 0. The number of aromatic nitrogens is 1. The molecule has 2 heterocycles. The fourth-order valence-corrected chi connectivity index (χ4v) is 2.62. The summed E-state index contributed by atoms with van der Waals surface area (Å²) in [5, 5.41) is 6.76. The molecule has 0 radical (unpaired) electrons. The van der Waals surface area contributed by atoms with E-state index < -0.39 is 0 Å². The number of nitrogens with zero attached hydrogens (tertiary/aromatic N) is 1. The Balaban J connectivity index is 1.89. The summed E-state index contributed by atoms with van der Waals surface area (Å²) in [6, 6.07) is 5.44. The summed E-state index contributed by atoms with van der Waals surface area (Å²) in [5.41, 5.74) is 0.907. The second-order valence-corrected chi connectivity index (χ2v) is 5.45. The van der Waals surface area contributed by atoms with Gasteiger partial charge in [-0.2, -0.15) is 0 Å². The minimum atomic E-state index is -0.318. The van der Waals surface area contributed by atoms with Gasteiger partial charge in [-0.3, -0.25) is 9.78 Å². The zero-order valence-corrected chi connectivity index (χ0v) is 12.7. The van der Waals surface area contributed by atoms with Crippen LogP contribution in [0.25, 0.3) is 0 Å². The summed E-state index contributed by atoms with van der Waals surface area (Å²) in [4.78, 5) is 16.4. The third kappa shape index (κ3) is 5.44. The van der Waals surface area contributed by atoms with Crippen LogP contribution < -0.4 is 10.6 Å². The van der Waals surface area contributed by atoms with E-state index in [9.17, 15) is 4.79 Å². The maximum Gasteiger partial charge on any atom is 0.323 e. The SMILES string of the molecule is CCOC(=O)C(Cc1ccccn1)NCC1CCCNC1. The molecule has 5 heteroatoms. The van der Waals surface area contributed by atoms with E-state index in [0.29, 0.717) is 18.9 Å². The van der Waals surface area contributed by atoms with E-state index in [4.69, 9.17) is 4.74 Å². The summed E-state index contributed by atoms with van der Waals surface area (Å²) in [5.74, 6) is 0.395. The van der Waals surface area contributed by atoms with Crippen molar-refractivity contribution >= 4 is 5.97 Å². The first-order valence-corrected chi connectivity index (χ1v) is 7.80. The Morgan fingerprint density at radius 2 is 2.48 bits per heavy atom. The monoisotopic (exact) mass is 291 g/mol. The number of hydrogen-bond acceptors (Lipinski definition) is 5. The Kier molecular flexibility index (Phi) is 6.63. The molecule has 21 heavy (non-hydrogen) atoms. The Hall–Kier alpha value is -1.46. The molecule has 1 aliphatic heterocycles. The zero-order chi connectivity index (χ0) is 14.9. The lowest BCUT2D eigenvalue weighted by atomic mass is 9.99. The lowest BCUT2D eigenvalue weighted by molar-refractivity contribution is -0.145. The molecule has 1 saturated heterocycles. The van der Waals surface area contributed by atoms with Gasteiger partial charge in [-0.1, -0.05) is 6.07 Å². The highest BCUT2D eigenvalue weighted by Gasteiger charge is 2.22. The molecule has 116 valence electrons. The maximum atomic E-state index is 12.1. The molecule has 1 aliphatic rings. The van der Waals surface area contributed by atoms with E-state index in [1.807, 2.05) is 25.1 Å². The first-order valence-electron chi connectivity index (χ1n) is 7.80. The summed E-state index contributed by atoms with van der Waals surface area (Å²) < 4.78 is 5.17. The minimum absolute atomic E-state index is 0.188. The summed E-state index contributed by atoms with van der Waals surface area (Å²) in [6.07, 6.45) is 4.73. The molecule has 2 N–H and O–H groups in total. The Labute approximate surface area is 126 Å². The van der Waals surface area contributed by atoms with Gasteiger partial charge in [0, 0.05) is 18.3 Å². The molecule has 1 fully saturated rings. The molecule has 0 aromatic carbocycles. The van der Waals surface area contributed by atoms with E-state index in [-0.39, 0.29) is 12.0 Å². The first kappa shape index (κ1) is 15.9. The molecular weight excluding hydrogens is 266 g/mol. The van der Waals surface area contributed by atoms with Crippen LogP contribution in [0, 0.1) is 5.92 Å². The van der Waals surface area contributed by atoms with Crippen molar-refractivity contribution in [3.05, 3.63) is 30.1 Å². The summed E-state index contributed by atoms with van der Waals surface area (Å²) in [6.45, 7) is 5.20. The van der Waals surface area contributed by atoms with Crippen molar-refractivity contribution < 1.29 is 9.53 Å². The van der Waals surface area contributed by atoms with Gasteiger partial charge in [-0.05, 0) is 57.5 Å². The van der Waals surface area contributed by atoms with Crippen molar-refractivity contribution in [3.8, 4) is 0 Å². The van der Waals surface area contributed by atoms with Crippen molar-refractivity contribution in [3.63, 3.8) is 0 Å². The number of pyridine rings is 1. The van der Waals surface area contributed by atoms with Crippen molar-refractivity contribution in [1.82, 2.24) is 15.6 Å². The minimum Gasteiger partial charge on any atom is -0.465 e. The number of carbonyl (C=O) groups is 1. The van der Waals surface area contributed by atoms with E-state index in [2.05, 4.69) is 15.6 Å². The fourth-order valence-electron chi connectivity index (χ4n) is 2.62. The van der Waals surface area contributed by atoms with Crippen molar-refractivity contribution in [2.45, 2.75) is 32.2 Å². The molecule has 2 atom stereocenters. The lowest BCUT2D eigenvalue weighted by Crippen LogP contribution is -2.45. The molecule has 5 nitrogen and oxygen atoms in total. The molecule has 1 aromatic heterocycles. The third-order valence-corrected chi connectivity index (χ3v) is 3.76. The smallest absolute Gasteiger partial charge is 0.323 e. The van der Waals surface area contributed by atoms with E-state index in [1.54, 1.807) is 6.20 Å². The zero-order valence-electron chi connectivity index (χ0n) is 12.7. The number of ether oxygens (including phenoxy) is 1. The van der Waals surface area contributed by atoms with Gasteiger partial charge in [0.1, 0.15) is 6.04 Å². The Morgan fingerprint density at radius 3 is 3.14 bits per heavy atom. The molecule has 2 unspecified atom stereocenters. The van der Waals surface area contributed by atoms with E-state index in [0.717, 1.165) is 25.3 Å². The van der Waals surface area contributed by atoms with Gasteiger partial charge in [-0.25, -0.2) is 0 Å². The van der Waals surface area contributed by atoms with Gasteiger partial charge in [0.05, 0.1) is 6.61 Å². The molecular formula is C16H25N3O2. The highest BCUT2D eigenvalue weighted by Crippen LogP contribution is 2.10. The van der Waals surface area contributed by atoms with Gasteiger partial charge in [0.2, 0.25) is 0 Å². The van der Waals surface area contributed by atoms with E-state index >= 15 is 0 Å². The van der Waals surface area contributed by atoms with Crippen LogP contribution >= 0.6 is 0 Å². The van der Waals surface area contributed by atoms with Crippen LogP contribution in [0.15, 0.2) is 24.4 Å². The normalized spacial score (nSPS) is 20.0. The van der Waals surface area contributed by atoms with Crippen LogP contribution in [-0.4, -0.2) is 43.2 Å². The average Bonchev–Trinajstić information content (AvgIpc) is 2.53. The quantitative estimate of drug-likeness (QED) is 0.738. The average molecular weight is 291 g/mol. The molecule has 2 rings (SSSR count). The molecule has 1 aromatic rings.